The number of aliphatic hydroxyl groups excluding tert-OH is 1. The highest BCUT2D eigenvalue weighted by molar-refractivity contribution is 5.76. The maximum absolute atomic E-state index is 12.5. The van der Waals surface area contributed by atoms with E-state index in [1.54, 1.807) is 12.5 Å². The predicted octanol–water partition coefficient (Wildman–Crippen LogP) is 1.61. The molecule has 0 unspecified atom stereocenters. The number of likely N-dealkylation sites (tertiary alicyclic amines) is 2. The van der Waals surface area contributed by atoms with Gasteiger partial charge in [0.05, 0.1) is 6.33 Å². The van der Waals surface area contributed by atoms with Crippen LogP contribution in [0.15, 0.2) is 18.7 Å². The summed E-state index contributed by atoms with van der Waals surface area (Å²) >= 11 is 0. The van der Waals surface area contributed by atoms with Crippen LogP contribution in [0.2, 0.25) is 0 Å². The number of carbonyl (C=O) groups is 1. The largest absolute Gasteiger partial charge is 0.396 e. The fourth-order valence-corrected chi connectivity index (χ4v) is 4.20. The molecule has 0 aliphatic carbocycles. The molecule has 1 amide bonds. The molecule has 2 saturated heterocycles. The molecule has 3 rings (SSSR count). The Morgan fingerprint density at radius 3 is 2.56 bits per heavy atom. The van der Waals surface area contributed by atoms with Crippen molar-refractivity contribution in [1.29, 1.82) is 0 Å². The second-order valence-corrected chi connectivity index (χ2v) is 7.62. The van der Waals surface area contributed by atoms with Crippen LogP contribution in [-0.4, -0.2) is 69.7 Å². The van der Waals surface area contributed by atoms with E-state index in [1.807, 2.05) is 15.7 Å². The number of aromatic nitrogens is 2. The van der Waals surface area contributed by atoms with Crippen molar-refractivity contribution < 1.29 is 9.90 Å². The number of aryl methyl sites for hydroxylation is 1. The van der Waals surface area contributed by atoms with E-state index in [0.29, 0.717) is 12.3 Å². The first-order valence-electron chi connectivity index (χ1n) is 9.83. The number of amides is 1. The standard InChI is InChI=1S/C19H32N4O2/c24-15-18-14-23(19(25)6-5-10-22-11-7-20-16-22)13-17(18)12-21-8-3-1-2-4-9-21/h7,11,16-18,24H,1-6,8-10,12-15H2/t17-,18-/m1/s1. The number of nitrogens with zero attached hydrogens (tertiary/aromatic N) is 4. The van der Waals surface area contributed by atoms with Crippen LogP contribution in [0.4, 0.5) is 0 Å². The van der Waals surface area contributed by atoms with Gasteiger partial charge in [0.1, 0.15) is 0 Å². The van der Waals surface area contributed by atoms with Gasteiger partial charge in [-0.3, -0.25) is 4.79 Å². The molecule has 0 spiro atoms. The molecule has 0 saturated carbocycles. The lowest BCUT2D eigenvalue weighted by Gasteiger charge is -2.26. The van der Waals surface area contributed by atoms with E-state index in [9.17, 15) is 9.90 Å². The Labute approximate surface area is 150 Å². The summed E-state index contributed by atoms with van der Waals surface area (Å²) in [5.74, 6) is 0.887. The first kappa shape index (κ1) is 18.4. The summed E-state index contributed by atoms with van der Waals surface area (Å²) in [7, 11) is 0. The van der Waals surface area contributed by atoms with Crippen LogP contribution < -0.4 is 0 Å². The maximum Gasteiger partial charge on any atom is 0.222 e. The van der Waals surface area contributed by atoms with Crippen molar-refractivity contribution in [3.05, 3.63) is 18.7 Å². The molecule has 1 aromatic heterocycles. The lowest BCUT2D eigenvalue weighted by molar-refractivity contribution is -0.130. The molecular weight excluding hydrogens is 316 g/mol. The van der Waals surface area contributed by atoms with Crippen LogP contribution in [0.5, 0.6) is 0 Å². The topological polar surface area (TPSA) is 61.6 Å². The van der Waals surface area contributed by atoms with E-state index < -0.39 is 0 Å². The second-order valence-electron chi connectivity index (χ2n) is 7.62. The molecule has 6 heteroatoms. The van der Waals surface area contributed by atoms with Gasteiger partial charge >= 0.3 is 0 Å². The molecule has 1 aromatic rings. The minimum absolute atomic E-state index is 0.192. The zero-order valence-corrected chi connectivity index (χ0v) is 15.2. The van der Waals surface area contributed by atoms with Gasteiger partial charge in [-0.2, -0.15) is 0 Å². The first-order chi connectivity index (χ1) is 12.3. The van der Waals surface area contributed by atoms with Gasteiger partial charge < -0.3 is 19.5 Å². The molecule has 6 nitrogen and oxygen atoms in total. The van der Waals surface area contributed by atoms with Gasteiger partial charge in [0, 0.05) is 57.5 Å². The summed E-state index contributed by atoms with van der Waals surface area (Å²) in [6.45, 7) is 5.94. The molecule has 1 N–H and O–H groups in total. The van der Waals surface area contributed by atoms with Crippen molar-refractivity contribution in [3.63, 3.8) is 0 Å². The monoisotopic (exact) mass is 348 g/mol. The smallest absolute Gasteiger partial charge is 0.222 e. The van der Waals surface area contributed by atoms with Crippen molar-refractivity contribution in [1.82, 2.24) is 19.4 Å². The number of hydrogen-bond acceptors (Lipinski definition) is 4. The number of aliphatic hydroxyl groups is 1. The van der Waals surface area contributed by atoms with Crippen molar-refractivity contribution in [2.24, 2.45) is 11.8 Å². The average molecular weight is 348 g/mol. The van der Waals surface area contributed by atoms with E-state index in [4.69, 9.17) is 0 Å². The average Bonchev–Trinajstić information content (AvgIpc) is 3.20. The van der Waals surface area contributed by atoms with Gasteiger partial charge in [-0.15, -0.1) is 0 Å². The molecule has 25 heavy (non-hydrogen) atoms. The van der Waals surface area contributed by atoms with Crippen molar-refractivity contribution >= 4 is 5.91 Å². The van der Waals surface area contributed by atoms with Gasteiger partial charge in [-0.1, -0.05) is 12.8 Å². The van der Waals surface area contributed by atoms with Crippen LogP contribution in [0.1, 0.15) is 38.5 Å². The molecule has 0 aromatic carbocycles. The third-order valence-corrected chi connectivity index (χ3v) is 5.72. The van der Waals surface area contributed by atoms with Gasteiger partial charge in [-0.05, 0) is 38.3 Å². The Hall–Kier alpha value is -1.40. The van der Waals surface area contributed by atoms with Crippen LogP contribution in [-0.2, 0) is 11.3 Å². The number of carbonyl (C=O) groups excluding carboxylic acids is 1. The molecule has 2 atom stereocenters. The number of hydrogen-bond donors (Lipinski definition) is 1. The highest BCUT2D eigenvalue weighted by Crippen LogP contribution is 2.26. The molecule has 2 aliphatic rings. The summed E-state index contributed by atoms with van der Waals surface area (Å²) in [5.41, 5.74) is 0. The SMILES string of the molecule is O=C(CCCn1ccnc1)N1C[C@@H](CN2CCCCCC2)[C@@H](CO)C1. The number of imidazole rings is 1. The Morgan fingerprint density at radius 1 is 1.12 bits per heavy atom. The molecule has 0 radical (unpaired) electrons. The van der Waals surface area contributed by atoms with Gasteiger partial charge in [-0.25, -0.2) is 4.98 Å². The molecule has 140 valence electrons. The molecular formula is C19H32N4O2. The van der Waals surface area contributed by atoms with E-state index in [0.717, 1.165) is 32.6 Å². The Morgan fingerprint density at radius 2 is 1.88 bits per heavy atom. The fourth-order valence-electron chi connectivity index (χ4n) is 4.20. The first-order valence-corrected chi connectivity index (χ1v) is 9.83. The summed E-state index contributed by atoms with van der Waals surface area (Å²) in [5, 5.41) is 9.76. The third-order valence-electron chi connectivity index (χ3n) is 5.72. The van der Waals surface area contributed by atoms with E-state index in [2.05, 4.69) is 9.88 Å². The van der Waals surface area contributed by atoms with Crippen LogP contribution in [0.25, 0.3) is 0 Å². The van der Waals surface area contributed by atoms with E-state index in [-0.39, 0.29) is 18.4 Å². The van der Waals surface area contributed by atoms with Crippen LogP contribution in [0, 0.1) is 11.8 Å². The van der Waals surface area contributed by atoms with E-state index in [1.165, 1.54) is 38.8 Å². The van der Waals surface area contributed by atoms with Crippen molar-refractivity contribution in [2.75, 3.05) is 39.3 Å². The Balaban J connectivity index is 1.45. The third kappa shape index (κ3) is 5.28. The zero-order valence-electron chi connectivity index (χ0n) is 15.2. The fraction of sp³-hybridized carbons (Fsp3) is 0.789. The van der Waals surface area contributed by atoms with E-state index >= 15 is 0 Å². The van der Waals surface area contributed by atoms with Crippen LogP contribution in [0.3, 0.4) is 0 Å². The summed E-state index contributed by atoms with van der Waals surface area (Å²) < 4.78 is 2.01. The van der Waals surface area contributed by atoms with Crippen molar-refractivity contribution in [3.8, 4) is 0 Å². The quantitative estimate of drug-likeness (QED) is 0.813. The summed E-state index contributed by atoms with van der Waals surface area (Å²) in [6.07, 6.45) is 12.2. The maximum atomic E-state index is 12.5. The van der Waals surface area contributed by atoms with Gasteiger partial charge in [0.15, 0.2) is 0 Å². The number of rotatable bonds is 7. The van der Waals surface area contributed by atoms with Crippen molar-refractivity contribution in [2.45, 2.75) is 45.1 Å². The lowest BCUT2D eigenvalue weighted by atomic mass is 9.96. The highest BCUT2D eigenvalue weighted by Gasteiger charge is 2.35. The minimum Gasteiger partial charge on any atom is -0.396 e. The highest BCUT2D eigenvalue weighted by atomic mass is 16.3. The molecule has 2 fully saturated rings. The summed E-state index contributed by atoms with van der Waals surface area (Å²) in [4.78, 5) is 21.1. The normalized spacial score (nSPS) is 25.2. The van der Waals surface area contributed by atoms with Crippen LogP contribution >= 0.6 is 0 Å². The predicted molar refractivity (Wildman–Crippen MR) is 97.0 cm³/mol. The Kier molecular flexibility index (Phi) is 6.87. The summed E-state index contributed by atoms with van der Waals surface area (Å²) in [6, 6.07) is 0. The van der Waals surface area contributed by atoms with Gasteiger partial charge in [0.2, 0.25) is 5.91 Å². The molecule has 3 heterocycles. The minimum atomic E-state index is 0.192. The second kappa shape index (κ2) is 9.34. The zero-order chi connectivity index (χ0) is 17.5. The Bertz CT molecular complexity index is 512. The molecule has 0 bridgehead atoms. The lowest BCUT2D eigenvalue weighted by Crippen LogP contribution is -2.35. The van der Waals surface area contributed by atoms with Gasteiger partial charge in [0.25, 0.3) is 0 Å². The molecule has 2 aliphatic heterocycles.